The Kier molecular flexibility index (Phi) is 85.9. The standard InChI is InChI=1S/C23H33FO2.C22H31FO3.H39P37.H38P36/c1-7-14(2)18-12-19(26-20(25)13-24)22(6)16(4)9-11-23(17(18)5)10-8-15(3)21(22)23;1-6-13(2)16-11-18(26-19(25)12-23)21(5)14(3)7-9-22(15(16)4)10-8-17(24)20(21)22;1-20-30(21(2)3)35(31(22(4)5)23(6)7)37(34(28(16)17)29(18)19)36(32(24(8)9)25(10)11)33(26(12)13)27(14)15;1-20(2)29(19)34(30(21(3)4)22(5)6)36(33(27(15)16)28(17)18)35(31(23(7)8)24(9)10)32(25(11)12)26(13)14/h7-8,16-19,21H,1-2,9-13H2,3-6H3;6,14-16,18,20H,1-2,7-12H2,3-5H3;20H,1-19H2;1-19H2/t16-,17+,18+,19-,21+,22+,23-;14-,15+,16+,18-,20+,21+,22+;;/m11../s1. The highest BCUT2D eigenvalue weighted by Crippen LogP contribution is 3.44. The SMILES string of the molecule is C=CC(=C)[C@@H]1C[C@@H](OC(=O)CF)[C@]2(C)[C@H](C)CC[C@]3(CC=C(C)[C@H]32)[C@H]1C.C=CC(=C)[C@@H]1C[C@@H](OC(=O)CF)[C@]2(C)[C@H](C)CC[C@]3(CCC(=O)[C@H]32)[C@H]1C.PP(P)P(P)P(P(P(P)P)P(P)P)P(P(P(P)P)P(P)P)P(P(P(P)P)P(P)P)P(P(P)P)P(P)P.PPP(P(P)P)P(P(P(P)P)P(P)P)P(P(P(P)P)P(P)P)P(P(P(P)P)P(P)P)P(P(P)P)P(P)P. The van der Waals surface area contributed by atoms with Gasteiger partial charge in [-0.3, -0.25) is 4.79 Å². The van der Waals surface area contributed by atoms with Gasteiger partial charge in [0, 0.05) is 23.2 Å². The van der Waals surface area contributed by atoms with Crippen molar-refractivity contribution in [1.29, 1.82) is 0 Å². The zero-order chi connectivity index (χ0) is 96.9. The number of ketones is 1. The number of carbonyl (C=O) groups is 3. The van der Waals surface area contributed by atoms with Crippen LogP contribution in [-0.4, -0.2) is 43.3 Å². The summed E-state index contributed by atoms with van der Waals surface area (Å²) in [5.74, 6) is 0.589. The average Bonchev–Trinajstić information content (AvgIpc) is 1.55. The highest BCUT2D eigenvalue weighted by molar-refractivity contribution is 9.49. The predicted molar refractivity (Wildman–Crippen MR) is 815 cm³/mol. The number of rotatable bonds is 41. The first-order chi connectivity index (χ1) is 57.6. The van der Waals surface area contributed by atoms with E-state index in [9.17, 15) is 23.2 Å². The van der Waals surface area contributed by atoms with E-state index in [0.717, 1.165) is 51.2 Å². The molecule has 0 saturated heterocycles. The van der Waals surface area contributed by atoms with Crippen molar-refractivity contribution in [2.45, 2.75) is 118 Å². The Labute approximate surface area is 885 Å². The molecule has 6 aliphatic carbocycles. The molecule has 0 radical (unpaired) electrons. The van der Waals surface area contributed by atoms with Gasteiger partial charge < -0.3 is 9.47 Å². The highest BCUT2D eigenvalue weighted by Gasteiger charge is 2.69. The number of Topliss-reactive ketones (excluding diaryl/α,β-unsaturated/α-hetero) is 1. The van der Waals surface area contributed by atoms with Crippen LogP contribution in [0.2, 0.25) is 0 Å². The molecule has 0 spiro atoms. The molecular formula is C45H141F2O5P73. The molecule has 125 heavy (non-hydrogen) atoms. The van der Waals surface area contributed by atoms with Crippen LogP contribution < -0.4 is 0 Å². The monoisotopic (exact) mass is 3060 g/mol. The van der Waals surface area contributed by atoms with Crippen molar-refractivity contribution in [3.05, 3.63) is 61.3 Å². The molecule has 6 aliphatic rings. The molecule has 0 aromatic carbocycles. The molecule has 4 bridgehead atoms. The molecular weight excluding hydrogens is 2920 g/mol. The Hall–Kier alpha value is 28.6. The lowest BCUT2D eigenvalue weighted by Gasteiger charge is -2.57. The minimum absolute atomic E-state index is 0.00189. The smallest absolute Gasteiger partial charge is 0.337 e. The number of alkyl halides is 2. The number of allylic oxidation sites excluding steroid dienone is 6. The fourth-order valence-corrected chi connectivity index (χ4v) is 998. The van der Waals surface area contributed by atoms with Crippen LogP contribution in [0.4, 0.5) is 8.78 Å². The van der Waals surface area contributed by atoms with Gasteiger partial charge in [-0.2, -0.15) is 0 Å². The first-order valence-corrected chi connectivity index (χ1v) is 168. The average molecular weight is 3060 g/mol. The highest BCUT2D eigenvalue weighted by atomic mass is 33.5. The van der Waals surface area contributed by atoms with Gasteiger partial charge in [0.2, 0.25) is 0 Å². The summed E-state index contributed by atoms with van der Waals surface area (Å²) >= 11 is 0. The topological polar surface area (TPSA) is 69.7 Å². The fourth-order valence-electron chi connectivity index (χ4n) is 17.4. The van der Waals surface area contributed by atoms with Gasteiger partial charge in [-0.15, -0.1) is 339 Å². The minimum Gasteiger partial charge on any atom is -0.460 e. The summed E-state index contributed by atoms with van der Waals surface area (Å²) in [6, 6.07) is 0. The van der Waals surface area contributed by atoms with Gasteiger partial charge >= 0.3 is 11.9 Å². The molecule has 5 fully saturated rings. The number of hydrogen-bond donors (Lipinski definition) is 0. The quantitative estimate of drug-likeness (QED) is 0.0264. The van der Waals surface area contributed by atoms with Gasteiger partial charge in [0.25, 0.3) is 0 Å². The molecule has 6 rings (SSSR count). The summed E-state index contributed by atoms with van der Waals surface area (Å²) < 4.78 is 37.4. The van der Waals surface area contributed by atoms with Crippen LogP contribution in [-0.2, 0) is 23.9 Å². The summed E-state index contributed by atoms with van der Waals surface area (Å²) in [5.41, 5.74) is 2.82. The van der Waals surface area contributed by atoms with E-state index < -0.39 is 36.8 Å². The molecule has 80 heteroatoms. The van der Waals surface area contributed by atoms with Crippen LogP contribution in [0.3, 0.4) is 0 Å². The largest absolute Gasteiger partial charge is 0.460 e. The molecule has 5 nitrogen and oxygen atoms in total. The van der Waals surface area contributed by atoms with Crippen molar-refractivity contribution in [3.8, 4) is 0 Å². The van der Waals surface area contributed by atoms with Gasteiger partial charge in [-0.05, 0) is 348 Å². The van der Waals surface area contributed by atoms with Crippen molar-refractivity contribution in [2.24, 2.45) is 69.0 Å². The number of carbonyl (C=O) groups excluding carboxylic acids is 3. The van der Waals surface area contributed by atoms with Crippen LogP contribution in [0.25, 0.3) is 0 Å². The summed E-state index contributed by atoms with van der Waals surface area (Å²) in [6.07, 6.45) is 13.4. The van der Waals surface area contributed by atoms with Crippen LogP contribution in [0.15, 0.2) is 61.3 Å². The van der Waals surface area contributed by atoms with Gasteiger partial charge in [-0.1, -0.05) is 111 Å². The van der Waals surface area contributed by atoms with Crippen molar-refractivity contribution in [1.82, 2.24) is 0 Å². The Morgan fingerprint density at radius 2 is 0.672 bits per heavy atom. The maximum absolute atomic E-state index is 13.1. The van der Waals surface area contributed by atoms with Gasteiger partial charge in [0.1, 0.15) is 18.0 Å². The second-order valence-corrected chi connectivity index (χ2v) is 324. The summed E-state index contributed by atoms with van der Waals surface area (Å²) in [7, 11) is 129. The predicted octanol–water partition coefficient (Wildman–Crippen LogP) is 52.6. The zero-order valence-electron chi connectivity index (χ0n) is 70.6. The number of esters is 2. The van der Waals surface area contributed by atoms with E-state index in [2.05, 4.69) is 420 Å². The van der Waals surface area contributed by atoms with E-state index in [1.165, 1.54) is 12.0 Å². The van der Waals surface area contributed by atoms with Gasteiger partial charge in [0.05, 0.1) is 0 Å². The molecule has 0 heterocycles. The maximum atomic E-state index is 13.1. The third kappa shape index (κ3) is 41.0. The van der Waals surface area contributed by atoms with Crippen molar-refractivity contribution in [2.75, 3.05) is 13.3 Å². The molecule has 5 saturated carbocycles. The molecule has 0 aromatic rings. The van der Waals surface area contributed by atoms with E-state index in [1.807, 2.05) is 6.08 Å². The molecule has 0 aromatic heterocycles. The Morgan fingerprint density at radius 1 is 0.408 bits per heavy atom. The Bertz CT molecular complexity index is 3270. The first kappa shape index (κ1) is 148. The van der Waals surface area contributed by atoms with Crippen LogP contribution in [0.1, 0.15) is 106 Å². The molecule has 59 atom stereocenters. The lowest BCUT2D eigenvalue weighted by molar-refractivity contribution is -0.175. The van der Waals surface area contributed by atoms with Crippen LogP contribution >= 0.6 is 585 Å². The van der Waals surface area contributed by atoms with Crippen molar-refractivity contribution >= 4 is 603 Å². The van der Waals surface area contributed by atoms with E-state index in [0.29, 0.717) is 37.0 Å². The minimum atomic E-state index is -1.13. The van der Waals surface area contributed by atoms with Crippen molar-refractivity contribution in [3.63, 3.8) is 0 Å². The Balaban J connectivity index is 0.000000434. The maximum Gasteiger partial charge on any atom is 0.337 e. The Morgan fingerprint density at radius 3 is 0.944 bits per heavy atom. The van der Waals surface area contributed by atoms with Crippen molar-refractivity contribution < 1.29 is 32.6 Å². The molecule has 0 amide bonds. The summed E-state index contributed by atoms with van der Waals surface area (Å²) in [4.78, 5) is 36.9. The summed E-state index contributed by atoms with van der Waals surface area (Å²) in [6.45, 7) is 27.7. The summed E-state index contributed by atoms with van der Waals surface area (Å²) in [5, 5.41) is 0. The zero-order valence-corrected chi connectivity index (χ0v) is 146. The molecule has 0 aliphatic heterocycles. The van der Waals surface area contributed by atoms with E-state index in [-0.39, 0.29) is 295 Å². The van der Waals surface area contributed by atoms with E-state index in [1.54, 1.807) is 6.08 Å². The van der Waals surface area contributed by atoms with Gasteiger partial charge in [0.15, 0.2) is 13.3 Å². The third-order valence-corrected chi connectivity index (χ3v) is 515. The second kappa shape index (κ2) is 72.7. The molecule has 730 valence electrons. The lowest BCUT2D eigenvalue weighted by Crippen LogP contribution is -2.55. The van der Waals surface area contributed by atoms with E-state index >= 15 is 0 Å². The normalized spacial score (nSPS) is 28.3. The van der Waals surface area contributed by atoms with Crippen LogP contribution in [0, 0.1) is 69.0 Å². The first-order valence-electron chi connectivity index (χ1n) is 36.2. The second-order valence-electron chi connectivity index (χ2n) is 29.4. The van der Waals surface area contributed by atoms with E-state index in [4.69, 9.17) is 9.47 Å². The van der Waals surface area contributed by atoms with Gasteiger partial charge in [-0.25, -0.2) is 18.4 Å². The third-order valence-electron chi connectivity index (χ3n) is 22.8. The number of ether oxygens (including phenoxy) is 2. The molecule has 0 N–H and O–H groups in total. The molecule has 45 unspecified atom stereocenters. The number of hydrogen-bond acceptors (Lipinski definition) is 5. The number of halogens is 2. The lowest BCUT2D eigenvalue weighted by atomic mass is 9.48. The van der Waals surface area contributed by atoms with Crippen LogP contribution in [0.5, 0.6) is 0 Å². The fraction of sp³-hybridized carbons (Fsp3) is 0.711.